The number of benzene rings is 4. The van der Waals surface area contributed by atoms with Gasteiger partial charge in [-0.25, -0.2) is 0 Å². The van der Waals surface area contributed by atoms with Crippen molar-refractivity contribution in [1.29, 1.82) is 0 Å². The topological polar surface area (TPSA) is 123 Å². The summed E-state index contributed by atoms with van der Waals surface area (Å²) in [7, 11) is 1.75. The molecule has 0 aliphatic heterocycles. The van der Waals surface area contributed by atoms with E-state index >= 15 is 0 Å². The molecule has 0 atom stereocenters. The molecule has 0 fully saturated rings. The van der Waals surface area contributed by atoms with Gasteiger partial charge >= 0.3 is 0 Å². The first-order valence-electron chi connectivity index (χ1n) is 14.2. The van der Waals surface area contributed by atoms with Crippen molar-refractivity contribution in [2.45, 2.75) is 6.92 Å². The van der Waals surface area contributed by atoms with Gasteiger partial charge in [-0.15, -0.1) is 0 Å². The van der Waals surface area contributed by atoms with E-state index in [0.717, 1.165) is 27.7 Å². The monoisotopic (exact) mass is 620 g/mol. The van der Waals surface area contributed by atoms with Crippen LogP contribution < -0.4 is 20.7 Å². The molecule has 226 valence electrons. The van der Waals surface area contributed by atoms with Crippen LogP contribution in [0.5, 0.6) is 5.75 Å². The van der Waals surface area contributed by atoms with E-state index in [2.05, 4.69) is 26.2 Å². The van der Waals surface area contributed by atoms with E-state index in [1.165, 1.54) is 0 Å². The van der Waals surface area contributed by atoms with Crippen molar-refractivity contribution < 1.29 is 18.8 Å². The van der Waals surface area contributed by atoms with Gasteiger partial charge in [-0.1, -0.05) is 53.2 Å². The molecule has 0 spiro atoms. The molecule has 0 aliphatic carbocycles. The molecule has 0 bridgehead atoms. The summed E-state index contributed by atoms with van der Waals surface area (Å²) in [6.45, 7) is 2.93. The number of fused-ring (bicyclic) bond motifs is 1. The molecule has 3 N–H and O–H groups in total. The molecule has 10 nitrogen and oxygen atoms in total. The van der Waals surface area contributed by atoms with Crippen LogP contribution in [-0.4, -0.2) is 39.9 Å². The van der Waals surface area contributed by atoms with E-state index in [1.807, 2.05) is 31.2 Å². The normalized spacial score (nSPS) is 10.9. The number of nitrogens with one attached hydrogen (secondary N) is 3. The number of halogens is 1. The van der Waals surface area contributed by atoms with Crippen LogP contribution in [0.2, 0.25) is 5.02 Å². The second kappa shape index (κ2) is 12.9. The van der Waals surface area contributed by atoms with Gasteiger partial charge in [0, 0.05) is 41.9 Å². The molecular formula is C34H29ClN6O4. The number of carbonyl (C=O) groups excluding carboxylic acids is 2. The zero-order valence-corrected chi connectivity index (χ0v) is 25.3. The summed E-state index contributed by atoms with van der Waals surface area (Å²) in [5.74, 6) is 0.517. The molecule has 6 rings (SSSR count). The molecule has 0 radical (unpaired) electrons. The van der Waals surface area contributed by atoms with E-state index in [9.17, 15) is 9.59 Å². The number of aromatic nitrogens is 3. The Bertz CT molecular complexity index is 2000. The maximum Gasteiger partial charge on any atom is 0.257 e. The molecule has 2 amide bonds. The number of aryl methyl sites for hydroxylation is 2. The summed E-state index contributed by atoms with van der Waals surface area (Å²) >= 11 is 6.14. The first kappa shape index (κ1) is 29.5. The Morgan fingerprint density at radius 1 is 0.933 bits per heavy atom. The van der Waals surface area contributed by atoms with E-state index < -0.39 is 0 Å². The largest absolute Gasteiger partial charge is 0.492 e. The minimum absolute atomic E-state index is 0.293. The van der Waals surface area contributed by atoms with Crippen molar-refractivity contribution in [1.82, 2.24) is 14.9 Å². The van der Waals surface area contributed by atoms with Crippen LogP contribution in [0.15, 0.2) is 102 Å². The fourth-order valence-corrected chi connectivity index (χ4v) is 5.02. The van der Waals surface area contributed by atoms with Gasteiger partial charge in [-0.2, -0.15) is 5.10 Å². The Labute approximate surface area is 263 Å². The van der Waals surface area contributed by atoms with Gasteiger partial charge in [0.25, 0.3) is 11.8 Å². The first-order valence-corrected chi connectivity index (χ1v) is 14.6. The van der Waals surface area contributed by atoms with Gasteiger partial charge in [0.15, 0.2) is 0 Å². The molecule has 0 saturated carbocycles. The standard InChI is InChI=1S/C34H29ClN6O4/c1-21-10-15-29(32-27(21)20-45-40-32)36-16-17-44-25-7-5-6-23(18-25)33(42)38-31-19-30(39-41(31)2)22-11-13-24(14-12-22)37-34(43)26-8-3-4-9-28(26)35/h3-15,18-20,36H,16-17H2,1-2H3,(H,37,43)(H,38,42). The average molecular weight is 621 g/mol. The van der Waals surface area contributed by atoms with Crippen molar-refractivity contribution in [3.63, 3.8) is 0 Å². The van der Waals surface area contributed by atoms with Crippen molar-refractivity contribution >= 4 is 51.5 Å². The maximum atomic E-state index is 13.1. The van der Waals surface area contributed by atoms with Gasteiger partial charge < -0.3 is 25.2 Å². The van der Waals surface area contributed by atoms with Crippen molar-refractivity contribution in [2.24, 2.45) is 7.05 Å². The molecule has 6 aromatic rings. The number of rotatable bonds is 10. The molecular weight excluding hydrogens is 592 g/mol. The van der Waals surface area contributed by atoms with Crippen LogP contribution >= 0.6 is 11.6 Å². The highest BCUT2D eigenvalue weighted by Gasteiger charge is 2.14. The second-order valence-electron chi connectivity index (χ2n) is 10.3. The smallest absolute Gasteiger partial charge is 0.257 e. The van der Waals surface area contributed by atoms with Crippen molar-refractivity contribution in [3.05, 3.63) is 119 Å². The third kappa shape index (κ3) is 6.66. The van der Waals surface area contributed by atoms with E-state index in [4.69, 9.17) is 20.9 Å². The number of carbonyl (C=O) groups is 2. The zero-order valence-electron chi connectivity index (χ0n) is 24.5. The van der Waals surface area contributed by atoms with Crippen LogP contribution in [0.1, 0.15) is 26.3 Å². The van der Waals surface area contributed by atoms with E-state index in [0.29, 0.717) is 52.2 Å². The Balaban J connectivity index is 1.04. The number of amides is 2. The van der Waals surface area contributed by atoms with Crippen LogP contribution in [0.25, 0.3) is 22.2 Å². The summed E-state index contributed by atoms with van der Waals surface area (Å²) in [5.41, 5.74) is 5.69. The van der Waals surface area contributed by atoms with E-state index in [1.54, 1.807) is 84.7 Å². The second-order valence-corrected chi connectivity index (χ2v) is 10.7. The Kier molecular flexibility index (Phi) is 8.47. The predicted molar refractivity (Wildman–Crippen MR) is 175 cm³/mol. The van der Waals surface area contributed by atoms with Gasteiger partial charge in [-0.05, 0) is 61.0 Å². The van der Waals surface area contributed by atoms with E-state index in [-0.39, 0.29) is 11.8 Å². The van der Waals surface area contributed by atoms with Crippen molar-refractivity contribution in [3.8, 4) is 17.0 Å². The molecule has 11 heteroatoms. The lowest BCUT2D eigenvalue weighted by molar-refractivity contribution is 0.101. The summed E-state index contributed by atoms with van der Waals surface area (Å²) < 4.78 is 12.6. The Hall–Kier alpha value is -5.61. The van der Waals surface area contributed by atoms with Crippen molar-refractivity contribution in [2.75, 3.05) is 29.1 Å². The zero-order chi connectivity index (χ0) is 31.3. The van der Waals surface area contributed by atoms with Crippen LogP contribution in [0.3, 0.4) is 0 Å². The van der Waals surface area contributed by atoms with Crippen LogP contribution in [-0.2, 0) is 7.05 Å². The lowest BCUT2D eigenvalue weighted by atomic mass is 10.1. The van der Waals surface area contributed by atoms with Crippen LogP contribution in [0.4, 0.5) is 17.2 Å². The molecule has 0 unspecified atom stereocenters. The molecule has 4 aromatic carbocycles. The van der Waals surface area contributed by atoms with Gasteiger partial charge in [0.05, 0.1) is 22.0 Å². The SMILES string of the molecule is Cc1ccc(NCCOc2cccc(C(=O)Nc3cc(-c4ccc(NC(=O)c5ccccc5Cl)cc4)nn3C)c2)c2nocc12. The number of anilines is 3. The van der Waals surface area contributed by atoms with Gasteiger partial charge in [0.2, 0.25) is 0 Å². The highest BCUT2D eigenvalue weighted by molar-refractivity contribution is 6.34. The molecule has 0 saturated heterocycles. The fraction of sp³-hybridized carbons (Fsp3) is 0.118. The molecule has 2 heterocycles. The quantitative estimate of drug-likeness (QED) is 0.139. The van der Waals surface area contributed by atoms with Gasteiger partial charge in [-0.3, -0.25) is 14.3 Å². The predicted octanol–water partition coefficient (Wildman–Crippen LogP) is 7.19. The lowest BCUT2D eigenvalue weighted by Gasteiger charge is -2.11. The molecule has 0 aliphatic rings. The third-order valence-corrected chi connectivity index (χ3v) is 7.54. The summed E-state index contributed by atoms with van der Waals surface area (Å²) in [5, 5.41) is 19.1. The Morgan fingerprint density at radius 3 is 2.58 bits per heavy atom. The fourth-order valence-electron chi connectivity index (χ4n) is 4.79. The third-order valence-electron chi connectivity index (χ3n) is 7.21. The van der Waals surface area contributed by atoms with Crippen LogP contribution in [0, 0.1) is 6.92 Å². The maximum absolute atomic E-state index is 13.1. The first-order chi connectivity index (χ1) is 21.9. The number of hydrogen-bond donors (Lipinski definition) is 3. The number of nitrogens with zero attached hydrogens (tertiary/aromatic N) is 3. The minimum atomic E-state index is -0.293. The average Bonchev–Trinajstić information content (AvgIpc) is 3.69. The molecule has 45 heavy (non-hydrogen) atoms. The number of hydrogen-bond acceptors (Lipinski definition) is 7. The summed E-state index contributed by atoms with van der Waals surface area (Å²) in [6.07, 6.45) is 1.64. The molecule has 2 aromatic heterocycles. The highest BCUT2D eigenvalue weighted by atomic mass is 35.5. The summed E-state index contributed by atoms with van der Waals surface area (Å²) in [6, 6.07) is 26.9. The Morgan fingerprint density at radius 2 is 1.76 bits per heavy atom. The highest BCUT2D eigenvalue weighted by Crippen LogP contribution is 2.26. The lowest BCUT2D eigenvalue weighted by Crippen LogP contribution is -2.15. The number of ether oxygens (including phenoxy) is 1. The van der Waals surface area contributed by atoms with Gasteiger partial charge in [0.1, 0.15) is 30.0 Å². The minimum Gasteiger partial charge on any atom is -0.492 e. The summed E-state index contributed by atoms with van der Waals surface area (Å²) in [4.78, 5) is 25.7.